The maximum Gasteiger partial charge on any atom is 0.223 e. The molecule has 12 aromatic heterocycles. The first-order chi connectivity index (χ1) is 69.7. The fraction of sp³-hybridized carbons (Fsp3) is 0.0551. The maximum absolute atomic E-state index is 5.70. The Morgan fingerprint density at radius 1 is 0.162 bits per heavy atom. The molecular weight excluding hydrogens is 1740 g/mol. The van der Waals surface area contributed by atoms with E-state index in [0.29, 0.717) is 0 Å². The second-order valence-corrected chi connectivity index (χ2v) is 41.3. The number of fused-ring (bicyclic) bond motifs is 42. The van der Waals surface area contributed by atoms with E-state index >= 15 is 0 Å². The van der Waals surface area contributed by atoms with Gasteiger partial charge in [-0.05, 0) is 328 Å². The van der Waals surface area contributed by atoms with Crippen molar-refractivity contribution in [3.63, 3.8) is 0 Å². The molecule has 12 heterocycles. The summed E-state index contributed by atoms with van der Waals surface area (Å²) >= 11 is 0. The first-order valence-corrected chi connectivity index (χ1v) is 49.0. The van der Waals surface area contributed by atoms with Crippen molar-refractivity contribution in [1.29, 1.82) is 0 Å². The largest absolute Gasteiger partial charge is 0.276 e. The molecule has 0 atom stereocenters. The summed E-state index contributed by atoms with van der Waals surface area (Å²) in [6.07, 6.45) is 0. The van der Waals surface area contributed by atoms with E-state index in [9.17, 15) is 0 Å². The third-order valence-electron chi connectivity index (χ3n) is 33.0. The summed E-state index contributed by atoms with van der Waals surface area (Å²) in [7, 11) is 0. The fourth-order valence-corrected chi connectivity index (χ4v) is 26.2. The topological polar surface area (TPSA) is 117 Å². The Labute approximate surface area is 805 Å². The molecule has 15 nitrogen and oxygen atoms in total. The van der Waals surface area contributed by atoms with Gasteiger partial charge in [-0.25, -0.2) is 43.1 Å². The van der Waals surface area contributed by atoms with Crippen LogP contribution in [0.1, 0.15) is 55.5 Å². The predicted octanol–water partition coefficient (Wildman–Crippen LogP) is 30.9. The predicted molar refractivity (Wildman–Crippen MR) is 580 cm³/mol. The number of nitrogens with zero attached hydrogens (tertiary/aromatic N) is 15. The highest BCUT2D eigenvalue weighted by atomic mass is 15.3. The summed E-state index contributed by atoms with van der Waals surface area (Å²) in [5.41, 5.74) is 46.8. The summed E-state index contributed by atoms with van der Waals surface area (Å²) in [5, 5.41) is 13.7. The van der Waals surface area contributed by atoms with Gasteiger partial charge in [-0.3, -0.25) is 26.4 Å². The van der Waals surface area contributed by atoms with Gasteiger partial charge >= 0.3 is 0 Å². The molecule has 0 bridgehead atoms. The van der Waals surface area contributed by atoms with Crippen LogP contribution < -0.4 is 0 Å². The van der Waals surface area contributed by atoms with E-state index in [4.69, 9.17) is 29.9 Å². The molecule has 21 aromatic carbocycles. The summed E-state index contributed by atoms with van der Waals surface area (Å²) in [6.45, 7) is 11.6. The van der Waals surface area contributed by atoms with Crippen molar-refractivity contribution >= 4 is 215 Å². The van der Waals surface area contributed by atoms with E-state index < -0.39 is 0 Å². The highest BCUT2D eigenvalue weighted by Crippen LogP contribution is 2.54. The number of hydrogen-bond donors (Lipinski definition) is 0. The molecule has 0 radical (unpaired) electrons. The van der Waals surface area contributed by atoms with Gasteiger partial charge < -0.3 is 0 Å². The minimum absolute atomic E-state index is 0.146. The number of aryl methyl sites for hydroxylation is 1. The van der Waals surface area contributed by atoms with E-state index in [-0.39, 0.29) is 10.8 Å². The quantitative estimate of drug-likeness (QED) is 0.164. The third kappa shape index (κ3) is 9.41. The van der Waals surface area contributed by atoms with E-state index in [1.165, 1.54) is 88.5 Å². The molecule has 0 fully saturated rings. The van der Waals surface area contributed by atoms with Crippen LogP contribution in [0.2, 0.25) is 0 Å². The van der Waals surface area contributed by atoms with Crippen molar-refractivity contribution in [3.8, 4) is 89.0 Å². The molecule has 658 valence electrons. The number of hydrogen-bond acceptors (Lipinski definition) is 6. The lowest BCUT2D eigenvalue weighted by Crippen LogP contribution is -2.14. The SMILES string of the molecule is Cc1ccc(-c2ccccc2)c(-c2cc3c4c(c2)n2c5cc6cc(-c7ccc8cc9nc%10n(c9cc8c7)c7cc(-c8ccc9c(c8)-c8ccccc8C9(C)C)cc8c7n%10c7nc9cc%10ccc(-c%11ccc%12cc%13nc%14n(c%13cc%12c%11)c%11cc(-c%12ccc%13c(c%12)C(C)(C)c%12ccccc%12-%13)cc%12c%11n%14c%11nc%13cc%14ccccc%14cc%13n%12%11)cc%10cc9n87)ccc6cc5nc2n4c2nc4cc5ccccc5cc4n32)c1. The molecule has 0 amide bonds. The zero-order chi connectivity index (χ0) is 92.5. The second-order valence-electron chi connectivity index (χ2n) is 41.3. The molecule has 2 aliphatic carbocycles. The lowest BCUT2D eigenvalue weighted by molar-refractivity contribution is 0.660. The minimum atomic E-state index is -0.159. The Bertz CT molecular complexity index is 11700. The van der Waals surface area contributed by atoms with Crippen LogP contribution in [0.5, 0.6) is 0 Å². The lowest BCUT2D eigenvalue weighted by Gasteiger charge is -2.22. The molecule has 142 heavy (non-hydrogen) atoms. The Morgan fingerprint density at radius 2 is 0.444 bits per heavy atom. The van der Waals surface area contributed by atoms with Crippen LogP contribution in [-0.4, -0.2) is 69.5 Å². The van der Waals surface area contributed by atoms with Crippen molar-refractivity contribution in [3.05, 3.63) is 392 Å². The average molecular weight is 1810 g/mol. The van der Waals surface area contributed by atoms with E-state index in [2.05, 4.69) is 438 Å². The average Bonchev–Trinajstić information content (AvgIpc) is 1.52. The van der Waals surface area contributed by atoms with Gasteiger partial charge in [-0.15, -0.1) is 0 Å². The molecular formula is C127H75N15. The first kappa shape index (κ1) is 74.6. The van der Waals surface area contributed by atoms with Crippen LogP contribution in [-0.2, 0) is 10.8 Å². The van der Waals surface area contributed by atoms with Crippen molar-refractivity contribution in [2.75, 3.05) is 0 Å². The van der Waals surface area contributed by atoms with E-state index in [0.717, 1.165) is 244 Å². The van der Waals surface area contributed by atoms with Crippen LogP contribution in [0.4, 0.5) is 0 Å². The normalized spacial score (nSPS) is 13.9. The Balaban J connectivity index is 0.510. The molecule has 0 N–H and O–H groups in total. The van der Waals surface area contributed by atoms with Crippen molar-refractivity contribution in [1.82, 2.24) is 69.5 Å². The molecule has 0 aliphatic heterocycles. The number of imidazole rings is 12. The van der Waals surface area contributed by atoms with Gasteiger partial charge in [0.25, 0.3) is 0 Å². The summed E-state index contributed by atoms with van der Waals surface area (Å²) in [5.74, 6) is 4.98. The molecule has 0 saturated carbocycles. The maximum atomic E-state index is 5.70. The van der Waals surface area contributed by atoms with Gasteiger partial charge in [0.2, 0.25) is 34.7 Å². The molecule has 2 aliphatic rings. The highest BCUT2D eigenvalue weighted by Gasteiger charge is 2.39. The van der Waals surface area contributed by atoms with E-state index in [1.807, 2.05) is 0 Å². The summed E-state index contributed by atoms with van der Waals surface area (Å²) < 4.78 is 21.2. The third-order valence-corrected chi connectivity index (χ3v) is 33.0. The fourth-order valence-electron chi connectivity index (χ4n) is 26.2. The highest BCUT2D eigenvalue weighted by molar-refractivity contribution is 6.16. The standard InChI is InChI=1S/C127H75N15/c1-66-27-38-89(67-17-7-6-8-18-67)93(41-66)88-64-115-119-116(65-88)139-110-59-85-45-75(31-35-81(85)53-104(110)133-125(139)142(119)121-129-100-49-69-20-10-12-22-71(69)55-106(100)135(115)121)74-30-33-79-51-102-108(57-83(79)43-74)137-112-61-86(76-37-40-97-94(46-76)91-24-14-16-26-96(91)126(97,2)3)60-111-117(112)141(123(137)131-102)122-130-101-50-78-32-28-72(42-82(78)56-107(101)136(111)122)73-29-34-80-52-103-109(58-84(80)44-73)138-114-63-87(77-36-39-92-90-23-13-15-25-95(90)127(4,5)98(92)47-77)62-113-118(114)140(124(138)132-103)120-128-99-48-68-19-9-11-21-70(68)54-105(99)134(113)120/h6-65H,1-5H3. The van der Waals surface area contributed by atoms with Gasteiger partial charge in [-0.2, -0.15) is 0 Å². The number of aromatic nitrogens is 15. The van der Waals surface area contributed by atoms with Crippen LogP contribution in [0.15, 0.2) is 364 Å². The Hall–Kier alpha value is -18.6. The summed E-state index contributed by atoms with van der Waals surface area (Å²) in [4.78, 5) is 33.6. The van der Waals surface area contributed by atoms with Gasteiger partial charge in [-0.1, -0.05) is 252 Å². The van der Waals surface area contributed by atoms with E-state index in [1.54, 1.807) is 0 Å². The minimum Gasteiger partial charge on any atom is -0.276 e. The van der Waals surface area contributed by atoms with Crippen LogP contribution in [0, 0.1) is 6.92 Å². The summed E-state index contributed by atoms with van der Waals surface area (Å²) in [6, 6.07) is 137. The zero-order valence-electron chi connectivity index (χ0n) is 77.3. The van der Waals surface area contributed by atoms with Crippen LogP contribution in [0.3, 0.4) is 0 Å². The Morgan fingerprint density at radius 3 is 0.838 bits per heavy atom. The number of rotatable bonds is 6. The lowest BCUT2D eigenvalue weighted by atomic mass is 9.81. The zero-order valence-corrected chi connectivity index (χ0v) is 77.3. The van der Waals surface area contributed by atoms with Crippen LogP contribution in [0.25, 0.3) is 304 Å². The second kappa shape index (κ2) is 25.4. The van der Waals surface area contributed by atoms with Gasteiger partial charge in [0.15, 0.2) is 0 Å². The van der Waals surface area contributed by atoms with Gasteiger partial charge in [0.1, 0.15) is 16.6 Å². The molecule has 0 unspecified atom stereocenters. The smallest absolute Gasteiger partial charge is 0.223 e. The Kier molecular flexibility index (Phi) is 13.4. The van der Waals surface area contributed by atoms with Crippen molar-refractivity contribution in [2.24, 2.45) is 0 Å². The molecule has 0 spiro atoms. The number of benzene rings is 21. The molecule has 35 rings (SSSR count). The molecule has 15 heteroatoms. The van der Waals surface area contributed by atoms with Crippen molar-refractivity contribution in [2.45, 2.75) is 45.4 Å². The van der Waals surface area contributed by atoms with Crippen LogP contribution >= 0.6 is 0 Å². The van der Waals surface area contributed by atoms with Gasteiger partial charge in [0, 0.05) is 10.8 Å². The van der Waals surface area contributed by atoms with Gasteiger partial charge in [0.05, 0.1) is 99.3 Å². The monoisotopic (exact) mass is 1810 g/mol. The molecule has 33 aromatic rings. The first-order valence-electron chi connectivity index (χ1n) is 49.0. The molecule has 0 saturated heterocycles. The van der Waals surface area contributed by atoms with Crippen molar-refractivity contribution < 1.29 is 0 Å².